The second-order valence-corrected chi connectivity index (χ2v) is 9.39. The van der Waals surface area contributed by atoms with E-state index in [0.29, 0.717) is 24.5 Å². The maximum atomic E-state index is 12.9. The van der Waals surface area contributed by atoms with Crippen LogP contribution in [-0.4, -0.2) is 34.5 Å². The van der Waals surface area contributed by atoms with Gasteiger partial charge in [0.05, 0.1) is 7.11 Å². The van der Waals surface area contributed by atoms with Crippen LogP contribution in [0.3, 0.4) is 0 Å². The molecule has 1 amide bonds. The third-order valence-electron chi connectivity index (χ3n) is 4.84. The quantitative estimate of drug-likeness (QED) is 0.354. The molecule has 9 heteroatoms. The average Bonchev–Trinajstić information content (AvgIpc) is 2.83. The van der Waals surface area contributed by atoms with E-state index < -0.39 is 10.0 Å². The molecule has 0 saturated carbocycles. The van der Waals surface area contributed by atoms with E-state index in [2.05, 4.69) is 15.4 Å². The van der Waals surface area contributed by atoms with E-state index in [1.54, 1.807) is 24.3 Å². The van der Waals surface area contributed by atoms with Gasteiger partial charge in [-0.3, -0.25) is 4.79 Å². The summed E-state index contributed by atoms with van der Waals surface area (Å²) in [5, 5.41) is 6.65. The molecule has 0 unspecified atom stereocenters. The highest BCUT2D eigenvalue weighted by Gasteiger charge is 2.21. The van der Waals surface area contributed by atoms with Gasteiger partial charge in [0.15, 0.2) is 0 Å². The first kappa shape index (κ1) is 24.6. The number of carbonyl (C=O) groups excluding carboxylic acids is 1. The van der Waals surface area contributed by atoms with E-state index >= 15 is 0 Å². The molecule has 0 fully saturated rings. The molecule has 0 heterocycles. The molecule has 0 spiro atoms. The number of ether oxygens (including phenoxy) is 1. The number of hydrogen-bond acceptors (Lipinski definition) is 5. The molecule has 0 aliphatic rings. The maximum absolute atomic E-state index is 12.9. The van der Waals surface area contributed by atoms with Crippen molar-refractivity contribution >= 4 is 33.2 Å². The Kier molecular flexibility index (Phi) is 8.71. The van der Waals surface area contributed by atoms with E-state index in [9.17, 15) is 13.2 Å². The van der Waals surface area contributed by atoms with Crippen molar-refractivity contribution in [2.45, 2.75) is 17.9 Å². The number of nitrogens with one attached hydrogen (secondary N) is 3. The van der Waals surface area contributed by atoms with Crippen molar-refractivity contribution in [1.82, 2.24) is 10.0 Å². The van der Waals surface area contributed by atoms with Gasteiger partial charge in [0.1, 0.15) is 10.6 Å². The first-order chi connectivity index (χ1) is 15.9. The second kappa shape index (κ2) is 11.7. The Bertz CT molecular complexity index is 1170. The highest BCUT2D eigenvalue weighted by Crippen LogP contribution is 2.25. The number of methoxy groups -OCH3 is 1. The van der Waals surface area contributed by atoms with Crippen molar-refractivity contribution in [3.05, 3.63) is 88.9 Å². The van der Waals surface area contributed by atoms with Crippen LogP contribution >= 0.6 is 11.6 Å². The monoisotopic (exact) mass is 487 g/mol. The van der Waals surface area contributed by atoms with Gasteiger partial charge in [-0.1, -0.05) is 41.9 Å². The van der Waals surface area contributed by atoms with Gasteiger partial charge in [0.2, 0.25) is 10.0 Å². The third kappa shape index (κ3) is 7.21. The summed E-state index contributed by atoms with van der Waals surface area (Å²) in [7, 11) is -2.54. The molecular weight excluding hydrogens is 462 g/mol. The number of carbonyl (C=O) groups is 1. The maximum Gasteiger partial charge on any atom is 0.251 e. The van der Waals surface area contributed by atoms with Crippen LogP contribution in [-0.2, 0) is 16.6 Å². The van der Waals surface area contributed by atoms with Crippen LogP contribution in [0.25, 0.3) is 0 Å². The number of anilines is 1. The molecule has 0 aliphatic heterocycles. The van der Waals surface area contributed by atoms with Crippen LogP contribution in [0.4, 0.5) is 5.69 Å². The van der Waals surface area contributed by atoms with Crippen LogP contribution in [0.5, 0.6) is 5.75 Å². The Morgan fingerprint density at radius 3 is 2.39 bits per heavy atom. The van der Waals surface area contributed by atoms with E-state index in [1.807, 2.05) is 30.3 Å². The second-order valence-electron chi connectivity index (χ2n) is 7.22. The van der Waals surface area contributed by atoms with Gasteiger partial charge in [0.25, 0.3) is 5.91 Å². The Labute approximate surface area is 199 Å². The Morgan fingerprint density at radius 1 is 0.970 bits per heavy atom. The highest BCUT2D eigenvalue weighted by atomic mass is 35.5. The molecule has 0 bridgehead atoms. The lowest BCUT2D eigenvalue weighted by atomic mass is 10.2. The predicted octanol–water partition coefficient (Wildman–Crippen LogP) is 4.06. The molecule has 0 saturated heterocycles. The molecule has 0 aromatic heterocycles. The number of benzene rings is 3. The van der Waals surface area contributed by atoms with Crippen molar-refractivity contribution in [3.8, 4) is 5.75 Å². The smallest absolute Gasteiger partial charge is 0.251 e. The minimum absolute atomic E-state index is 0.0769. The van der Waals surface area contributed by atoms with Crippen LogP contribution < -0.4 is 20.1 Å². The summed E-state index contributed by atoms with van der Waals surface area (Å²) in [4.78, 5) is 12.5. The zero-order valence-electron chi connectivity index (χ0n) is 18.2. The standard InChI is InChI=1S/C24H26ClN3O4S/c1-32-22-13-10-19(24(29)27-15-5-14-26-21-6-3-2-4-7-21)16-23(22)33(30,31)28-17-18-8-11-20(25)12-9-18/h2-4,6-13,16,26,28H,5,14-15,17H2,1H3,(H,27,29). The zero-order valence-corrected chi connectivity index (χ0v) is 19.7. The molecule has 3 aromatic carbocycles. The van der Waals surface area contributed by atoms with E-state index in [1.165, 1.54) is 25.3 Å². The Balaban J connectivity index is 1.60. The lowest BCUT2D eigenvalue weighted by Crippen LogP contribution is -2.27. The number of halogens is 1. The summed E-state index contributed by atoms with van der Waals surface area (Å²) >= 11 is 5.87. The molecule has 33 heavy (non-hydrogen) atoms. The van der Waals surface area contributed by atoms with E-state index in [-0.39, 0.29) is 28.7 Å². The summed E-state index contributed by atoms with van der Waals surface area (Å²) in [5.74, 6) is -0.200. The van der Waals surface area contributed by atoms with Gasteiger partial charge in [-0.05, 0) is 54.4 Å². The number of hydrogen-bond donors (Lipinski definition) is 3. The summed E-state index contributed by atoms with van der Waals surface area (Å²) in [6, 6.07) is 21.0. The molecule has 174 valence electrons. The van der Waals surface area contributed by atoms with Crippen LogP contribution in [0.2, 0.25) is 5.02 Å². The van der Waals surface area contributed by atoms with Crippen LogP contribution in [0, 0.1) is 0 Å². The number of sulfonamides is 1. The summed E-state index contributed by atoms with van der Waals surface area (Å²) in [6.45, 7) is 1.22. The van der Waals surface area contributed by atoms with Gasteiger partial charge in [-0.25, -0.2) is 13.1 Å². The van der Waals surface area contributed by atoms with Crippen LogP contribution in [0.1, 0.15) is 22.3 Å². The first-order valence-electron chi connectivity index (χ1n) is 10.4. The SMILES string of the molecule is COc1ccc(C(=O)NCCCNc2ccccc2)cc1S(=O)(=O)NCc1ccc(Cl)cc1. The van der Waals surface area contributed by atoms with E-state index in [0.717, 1.165) is 11.3 Å². The molecule has 7 nitrogen and oxygen atoms in total. The number of rotatable bonds is 11. The summed E-state index contributed by atoms with van der Waals surface area (Å²) < 4.78 is 33.6. The number of amides is 1. The zero-order chi connectivity index (χ0) is 23.7. The van der Waals surface area contributed by atoms with Crippen molar-refractivity contribution < 1.29 is 17.9 Å². The topological polar surface area (TPSA) is 96.5 Å². The number of para-hydroxylation sites is 1. The molecule has 0 atom stereocenters. The molecule has 0 aliphatic carbocycles. The first-order valence-corrected chi connectivity index (χ1v) is 12.2. The third-order valence-corrected chi connectivity index (χ3v) is 6.51. The lowest BCUT2D eigenvalue weighted by molar-refractivity contribution is 0.0953. The molecule has 3 rings (SSSR count). The van der Waals surface area contributed by atoms with Gasteiger partial charge in [-0.15, -0.1) is 0 Å². The van der Waals surface area contributed by atoms with Gasteiger partial charge in [-0.2, -0.15) is 0 Å². The normalized spacial score (nSPS) is 11.1. The highest BCUT2D eigenvalue weighted by molar-refractivity contribution is 7.89. The fourth-order valence-electron chi connectivity index (χ4n) is 3.07. The molecule has 0 radical (unpaired) electrons. The van der Waals surface area contributed by atoms with Gasteiger partial charge >= 0.3 is 0 Å². The Hall–Kier alpha value is -3.07. The minimum Gasteiger partial charge on any atom is -0.495 e. The van der Waals surface area contributed by atoms with Crippen LogP contribution in [0.15, 0.2) is 77.7 Å². The van der Waals surface area contributed by atoms with Crippen molar-refractivity contribution in [2.75, 3.05) is 25.5 Å². The summed E-state index contributed by atoms with van der Waals surface area (Å²) in [5.41, 5.74) is 2.00. The van der Waals surface area contributed by atoms with Crippen molar-refractivity contribution in [3.63, 3.8) is 0 Å². The minimum atomic E-state index is -3.93. The lowest BCUT2D eigenvalue weighted by Gasteiger charge is -2.13. The fraction of sp³-hybridized carbons (Fsp3) is 0.208. The van der Waals surface area contributed by atoms with Gasteiger partial charge < -0.3 is 15.4 Å². The van der Waals surface area contributed by atoms with Crippen molar-refractivity contribution in [1.29, 1.82) is 0 Å². The largest absolute Gasteiger partial charge is 0.495 e. The molecule has 3 N–H and O–H groups in total. The molecular formula is C24H26ClN3O4S. The van der Waals surface area contributed by atoms with E-state index in [4.69, 9.17) is 16.3 Å². The van der Waals surface area contributed by atoms with Crippen molar-refractivity contribution in [2.24, 2.45) is 0 Å². The molecule has 3 aromatic rings. The fourth-order valence-corrected chi connectivity index (χ4v) is 4.40. The van der Waals surface area contributed by atoms with Gasteiger partial charge in [0, 0.05) is 35.9 Å². The Morgan fingerprint density at radius 2 is 1.70 bits per heavy atom. The average molecular weight is 488 g/mol. The summed E-state index contributed by atoms with van der Waals surface area (Å²) in [6.07, 6.45) is 0.713. The predicted molar refractivity (Wildman–Crippen MR) is 130 cm³/mol.